The predicted molar refractivity (Wildman–Crippen MR) is 95.7 cm³/mol. The number of carbonyl (C=O) groups is 2. The third-order valence-electron chi connectivity index (χ3n) is 3.64. The first-order valence-electron chi connectivity index (χ1n) is 8.20. The van der Waals surface area contributed by atoms with Crippen LogP contribution in [-0.2, 0) is 24.3 Å². The average molecular weight is 370 g/mol. The molecule has 1 amide bonds. The number of rotatable bonds is 8. The van der Waals surface area contributed by atoms with E-state index in [0.29, 0.717) is 24.3 Å². The van der Waals surface area contributed by atoms with E-state index in [1.165, 1.54) is 16.4 Å². The van der Waals surface area contributed by atoms with Gasteiger partial charge in [-0.05, 0) is 24.6 Å². The molecule has 0 fully saturated rings. The molecule has 0 aliphatic heterocycles. The van der Waals surface area contributed by atoms with Crippen molar-refractivity contribution in [2.75, 3.05) is 25.0 Å². The van der Waals surface area contributed by atoms with Crippen LogP contribution in [0.3, 0.4) is 0 Å². The van der Waals surface area contributed by atoms with Crippen molar-refractivity contribution < 1.29 is 22.7 Å². The summed E-state index contributed by atoms with van der Waals surface area (Å²) < 4.78 is 31.4. The number of sulfonamides is 1. The number of benzene rings is 1. The van der Waals surface area contributed by atoms with Crippen molar-refractivity contribution in [2.24, 2.45) is 5.92 Å². The second-order valence-electron chi connectivity index (χ2n) is 5.88. The summed E-state index contributed by atoms with van der Waals surface area (Å²) >= 11 is 0. The number of esters is 1. The standard InChI is InChI=1S/C17H26N2O5S/c1-6-19(7-2)25(22,23)14-9-8-13(5)15(10-14)18-16(20)11-24-17(21)12(3)4/h8-10,12H,6-7,11H2,1-5H3,(H,18,20). The molecule has 1 N–H and O–H groups in total. The Morgan fingerprint density at radius 2 is 1.80 bits per heavy atom. The largest absolute Gasteiger partial charge is 0.455 e. The summed E-state index contributed by atoms with van der Waals surface area (Å²) in [4.78, 5) is 23.5. The summed E-state index contributed by atoms with van der Waals surface area (Å²) in [7, 11) is -3.62. The van der Waals surface area contributed by atoms with E-state index in [-0.39, 0.29) is 10.8 Å². The molecule has 0 aliphatic carbocycles. The van der Waals surface area contributed by atoms with Crippen molar-refractivity contribution in [1.82, 2.24) is 4.31 Å². The van der Waals surface area contributed by atoms with Crippen molar-refractivity contribution in [3.63, 3.8) is 0 Å². The van der Waals surface area contributed by atoms with Crippen LogP contribution >= 0.6 is 0 Å². The number of nitrogens with zero attached hydrogens (tertiary/aromatic N) is 1. The Balaban J connectivity index is 2.95. The Labute approximate surface area is 149 Å². The Morgan fingerprint density at radius 3 is 2.32 bits per heavy atom. The van der Waals surface area contributed by atoms with Crippen LogP contribution in [-0.4, -0.2) is 44.3 Å². The minimum atomic E-state index is -3.62. The molecule has 0 aromatic heterocycles. The molecule has 0 saturated carbocycles. The SMILES string of the molecule is CCN(CC)S(=O)(=O)c1ccc(C)c(NC(=O)COC(=O)C(C)C)c1. The molecule has 0 radical (unpaired) electrons. The second-order valence-corrected chi connectivity index (χ2v) is 7.81. The molecule has 7 nitrogen and oxygen atoms in total. The molecule has 0 saturated heterocycles. The number of carbonyl (C=O) groups excluding carboxylic acids is 2. The summed E-state index contributed by atoms with van der Waals surface area (Å²) in [6, 6.07) is 4.56. The molecule has 0 aliphatic rings. The summed E-state index contributed by atoms with van der Waals surface area (Å²) in [6.45, 7) is 8.94. The second kappa shape index (κ2) is 8.96. The van der Waals surface area contributed by atoms with Crippen LogP contribution in [0.2, 0.25) is 0 Å². The van der Waals surface area contributed by atoms with Crippen LogP contribution in [0.1, 0.15) is 33.3 Å². The molecule has 140 valence electrons. The topological polar surface area (TPSA) is 92.8 Å². The third-order valence-corrected chi connectivity index (χ3v) is 5.69. The van der Waals surface area contributed by atoms with Crippen molar-refractivity contribution in [3.8, 4) is 0 Å². The van der Waals surface area contributed by atoms with Crippen molar-refractivity contribution in [2.45, 2.75) is 39.5 Å². The van der Waals surface area contributed by atoms with E-state index in [0.717, 1.165) is 0 Å². The Kier molecular flexibility index (Phi) is 7.57. The van der Waals surface area contributed by atoms with E-state index in [1.807, 2.05) is 0 Å². The van der Waals surface area contributed by atoms with Gasteiger partial charge in [-0.3, -0.25) is 9.59 Å². The molecule has 0 spiro atoms. The van der Waals surface area contributed by atoms with Crippen molar-refractivity contribution in [3.05, 3.63) is 23.8 Å². The lowest BCUT2D eigenvalue weighted by molar-refractivity contribution is -0.150. The molecule has 1 rings (SSSR count). The summed E-state index contributed by atoms with van der Waals surface area (Å²) in [5.41, 5.74) is 1.08. The highest BCUT2D eigenvalue weighted by atomic mass is 32.2. The predicted octanol–water partition coefficient (Wildman–Crippen LogP) is 2.16. The number of aryl methyl sites for hydroxylation is 1. The maximum atomic E-state index is 12.6. The Morgan fingerprint density at radius 1 is 1.20 bits per heavy atom. The van der Waals surface area contributed by atoms with Gasteiger partial charge in [-0.15, -0.1) is 0 Å². The van der Waals surface area contributed by atoms with E-state index in [2.05, 4.69) is 5.32 Å². The normalized spacial score (nSPS) is 11.6. The van der Waals surface area contributed by atoms with Gasteiger partial charge in [0.1, 0.15) is 0 Å². The van der Waals surface area contributed by atoms with E-state index in [1.54, 1.807) is 40.7 Å². The lowest BCUT2D eigenvalue weighted by Crippen LogP contribution is -2.30. The highest BCUT2D eigenvalue weighted by molar-refractivity contribution is 7.89. The van der Waals surface area contributed by atoms with E-state index < -0.39 is 28.5 Å². The summed E-state index contributed by atoms with van der Waals surface area (Å²) in [5.74, 6) is -1.31. The minimum Gasteiger partial charge on any atom is -0.455 e. The quantitative estimate of drug-likeness (QED) is 0.708. The average Bonchev–Trinajstić information content (AvgIpc) is 2.55. The first-order valence-corrected chi connectivity index (χ1v) is 9.64. The number of anilines is 1. The van der Waals surface area contributed by atoms with Crippen LogP contribution in [0.25, 0.3) is 0 Å². The lowest BCUT2D eigenvalue weighted by atomic mass is 10.2. The van der Waals surface area contributed by atoms with E-state index in [9.17, 15) is 18.0 Å². The van der Waals surface area contributed by atoms with Gasteiger partial charge in [-0.2, -0.15) is 4.31 Å². The molecule has 8 heteroatoms. The van der Waals surface area contributed by atoms with Gasteiger partial charge in [-0.1, -0.05) is 33.8 Å². The molecular formula is C17H26N2O5S. The summed E-state index contributed by atoms with van der Waals surface area (Å²) in [5, 5.41) is 2.59. The van der Waals surface area contributed by atoms with Gasteiger partial charge in [0, 0.05) is 18.8 Å². The highest BCUT2D eigenvalue weighted by Gasteiger charge is 2.22. The van der Waals surface area contributed by atoms with Gasteiger partial charge in [0.25, 0.3) is 5.91 Å². The monoisotopic (exact) mass is 370 g/mol. The first kappa shape index (κ1) is 21.1. The smallest absolute Gasteiger partial charge is 0.308 e. The minimum absolute atomic E-state index is 0.108. The van der Waals surface area contributed by atoms with Crippen LogP contribution in [0, 0.1) is 12.8 Å². The van der Waals surface area contributed by atoms with Crippen LogP contribution in [0.15, 0.2) is 23.1 Å². The first-order chi connectivity index (χ1) is 11.6. The molecule has 0 heterocycles. The zero-order valence-corrected chi connectivity index (χ0v) is 16.1. The molecule has 25 heavy (non-hydrogen) atoms. The van der Waals surface area contributed by atoms with Gasteiger partial charge in [0.2, 0.25) is 10.0 Å². The molecular weight excluding hydrogens is 344 g/mol. The molecule has 0 atom stereocenters. The number of amides is 1. The highest BCUT2D eigenvalue weighted by Crippen LogP contribution is 2.23. The molecule has 0 unspecified atom stereocenters. The van der Waals surface area contributed by atoms with E-state index in [4.69, 9.17) is 4.74 Å². The number of hydrogen-bond acceptors (Lipinski definition) is 5. The van der Waals surface area contributed by atoms with Crippen LogP contribution < -0.4 is 5.32 Å². The van der Waals surface area contributed by atoms with Gasteiger partial charge in [0.05, 0.1) is 10.8 Å². The van der Waals surface area contributed by atoms with Crippen molar-refractivity contribution in [1.29, 1.82) is 0 Å². The molecule has 1 aromatic rings. The number of hydrogen-bond donors (Lipinski definition) is 1. The van der Waals surface area contributed by atoms with Crippen LogP contribution in [0.4, 0.5) is 5.69 Å². The maximum Gasteiger partial charge on any atom is 0.308 e. The zero-order valence-electron chi connectivity index (χ0n) is 15.3. The molecule has 0 bridgehead atoms. The van der Waals surface area contributed by atoms with Gasteiger partial charge in [0.15, 0.2) is 6.61 Å². The van der Waals surface area contributed by atoms with Gasteiger partial charge in [-0.25, -0.2) is 8.42 Å². The lowest BCUT2D eigenvalue weighted by Gasteiger charge is -2.19. The fourth-order valence-corrected chi connectivity index (χ4v) is 3.58. The fourth-order valence-electron chi connectivity index (χ4n) is 2.10. The van der Waals surface area contributed by atoms with Crippen molar-refractivity contribution >= 4 is 27.6 Å². The summed E-state index contributed by atoms with van der Waals surface area (Å²) in [6.07, 6.45) is 0. The Bertz CT molecular complexity index is 725. The van der Waals surface area contributed by atoms with Gasteiger partial charge >= 0.3 is 5.97 Å². The van der Waals surface area contributed by atoms with Gasteiger partial charge < -0.3 is 10.1 Å². The third kappa shape index (κ3) is 5.54. The maximum absolute atomic E-state index is 12.6. The Hall–Kier alpha value is -1.93. The fraction of sp³-hybridized carbons (Fsp3) is 0.529. The molecule has 1 aromatic carbocycles. The van der Waals surface area contributed by atoms with E-state index >= 15 is 0 Å². The van der Waals surface area contributed by atoms with Crippen LogP contribution in [0.5, 0.6) is 0 Å². The number of ether oxygens (including phenoxy) is 1. The zero-order chi connectivity index (χ0) is 19.2. The number of nitrogens with one attached hydrogen (secondary N) is 1.